The minimum absolute atomic E-state index is 0.175. The summed E-state index contributed by atoms with van der Waals surface area (Å²) < 4.78 is 14.0. The topological polar surface area (TPSA) is 51.8 Å². The van der Waals surface area contributed by atoms with Crippen LogP contribution in [0.3, 0.4) is 0 Å². The van der Waals surface area contributed by atoms with Gasteiger partial charge in [0, 0.05) is 17.4 Å². The number of halogens is 1. The molecule has 0 unspecified atom stereocenters. The Balaban J connectivity index is 2.28. The van der Waals surface area contributed by atoms with E-state index in [9.17, 15) is 4.39 Å². The van der Waals surface area contributed by atoms with Crippen molar-refractivity contribution in [2.75, 3.05) is 0 Å². The molecule has 2 N–H and O–H groups in total. The van der Waals surface area contributed by atoms with Gasteiger partial charge < -0.3 is 5.73 Å². The number of benzene rings is 1. The predicted molar refractivity (Wildman–Crippen MR) is 74.6 cm³/mol. The van der Waals surface area contributed by atoms with Crippen LogP contribution in [0.15, 0.2) is 34.3 Å². The minimum atomic E-state index is -0.289. The standard InChI is InChI=1S/C14H16FN3S/c1-8-6-9(2)18-14(17-8)19-13-5-4-11(10(3)16)7-12(13)15/h4-7,10H,16H2,1-3H3/t10-/m1/s1. The fraction of sp³-hybridized carbons (Fsp3) is 0.286. The van der Waals surface area contributed by atoms with E-state index in [2.05, 4.69) is 9.97 Å². The molecule has 2 rings (SSSR count). The van der Waals surface area contributed by atoms with Gasteiger partial charge in [0.2, 0.25) is 0 Å². The quantitative estimate of drug-likeness (QED) is 0.874. The molecule has 1 aromatic heterocycles. The van der Waals surface area contributed by atoms with E-state index >= 15 is 0 Å². The van der Waals surface area contributed by atoms with Gasteiger partial charge in [-0.1, -0.05) is 6.07 Å². The molecule has 1 heterocycles. The van der Waals surface area contributed by atoms with Crippen molar-refractivity contribution in [2.24, 2.45) is 5.73 Å². The van der Waals surface area contributed by atoms with E-state index in [0.717, 1.165) is 17.0 Å². The van der Waals surface area contributed by atoms with Gasteiger partial charge in [0.15, 0.2) is 5.16 Å². The smallest absolute Gasteiger partial charge is 0.192 e. The second-order valence-corrected chi connectivity index (χ2v) is 5.52. The van der Waals surface area contributed by atoms with Crippen molar-refractivity contribution in [3.8, 4) is 0 Å². The SMILES string of the molecule is Cc1cc(C)nc(Sc2ccc([C@@H](C)N)cc2F)n1. The van der Waals surface area contributed by atoms with Crippen LogP contribution in [0.1, 0.15) is 29.9 Å². The zero-order chi connectivity index (χ0) is 14.0. The number of nitrogens with two attached hydrogens (primary N) is 1. The lowest BCUT2D eigenvalue weighted by Crippen LogP contribution is -2.05. The molecule has 0 amide bonds. The Morgan fingerprint density at radius 1 is 1.16 bits per heavy atom. The maximum Gasteiger partial charge on any atom is 0.192 e. The molecule has 0 aliphatic heterocycles. The number of rotatable bonds is 3. The lowest BCUT2D eigenvalue weighted by molar-refractivity contribution is 0.596. The molecule has 0 saturated carbocycles. The highest BCUT2D eigenvalue weighted by molar-refractivity contribution is 7.99. The summed E-state index contributed by atoms with van der Waals surface area (Å²) in [7, 11) is 0. The molecule has 0 saturated heterocycles. The second-order valence-electron chi connectivity index (χ2n) is 4.51. The molecule has 0 fully saturated rings. The Hall–Kier alpha value is -1.46. The molecule has 0 aliphatic carbocycles. The van der Waals surface area contributed by atoms with E-state index in [4.69, 9.17) is 5.73 Å². The van der Waals surface area contributed by atoms with Gasteiger partial charge in [-0.25, -0.2) is 14.4 Å². The highest BCUT2D eigenvalue weighted by atomic mass is 32.2. The van der Waals surface area contributed by atoms with Crippen LogP contribution < -0.4 is 5.73 Å². The van der Waals surface area contributed by atoms with Gasteiger partial charge in [-0.05, 0) is 56.3 Å². The van der Waals surface area contributed by atoms with E-state index in [1.54, 1.807) is 6.07 Å². The lowest BCUT2D eigenvalue weighted by atomic mass is 10.1. The number of aryl methyl sites for hydroxylation is 2. The second kappa shape index (κ2) is 5.67. The maximum absolute atomic E-state index is 14.0. The van der Waals surface area contributed by atoms with Crippen LogP contribution in [-0.4, -0.2) is 9.97 Å². The molecule has 100 valence electrons. The van der Waals surface area contributed by atoms with Crippen LogP contribution in [-0.2, 0) is 0 Å². The summed E-state index contributed by atoms with van der Waals surface area (Å²) in [5.74, 6) is -0.289. The molecule has 19 heavy (non-hydrogen) atoms. The molecule has 5 heteroatoms. The van der Waals surface area contributed by atoms with Crippen LogP contribution in [0.25, 0.3) is 0 Å². The maximum atomic E-state index is 14.0. The molecule has 0 aliphatic rings. The summed E-state index contributed by atoms with van der Waals surface area (Å²) in [5.41, 5.74) is 8.26. The van der Waals surface area contributed by atoms with E-state index in [-0.39, 0.29) is 11.9 Å². The van der Waals surface area contributed by atoms with Gasteiger partial charge in [0.25, 0.3) is 0 Å². The van der Waals surface area contributed by atoms with Crippen molar-refractivity contribution in [3.63, 3.8) is 0 Å². The van der Waals surface area contributed by atoms with Crippen molar-refractivity contribution < 1.29 is 4.39 Å². The molecule has 0 radical (unpaired) electrons. The lowest BCUT2D eigenvalue weighted by Gasteiger charge is -2.08. The third kappa shape index (κ3) is 3.52. The Labute approximate surface area is 116 Å². The molecule has 3 nitrogen and oxygen atoms in total. The molecule has 1 atom stereocenters. The first kappa shape index (κ1) is 14.0. The summed E-state index contributed by atoms with van der Waals surface area (Å²) in [6.07, 6.45) is 0. The first-order chi connectivity index (χ1) is 8.95. The summed E-state index contributed by atoms with van der Waals surface area (Å²) >= 11 is 1.22. The van der Waals surface area contributed by atoms with Crippen LogP contribution in [0.4, 0.5) is 4.39 Å². The van der Waals surface area contributed by atoms with E-state index < -0.39 is 0 Å². The summed E-state index contributed by atoms with van der Waals surface area (Å²) in [5, 5.41) is 0.560. The third-order valence-electron chi connectivity index (χ3n) is 2.64. The van der Waals surface area contributed by atoms with Crippen LogP contribution in [0, 0.1) is 19.7 Å². The monoisotopic (exact) mass is 277 g/mol. The first-order valence-electron chi connectivity index (χ1n) is 6.01. The van der Waals surface area contributed by atoms with Crippen LogP contribution in [0.2, 0.25) is 0 Å². The Kier molecular flexibility index (Phi) is 4.17. The van der Waals surface area contributed by atoms with Crippen LogP contribution >= 0.6 is 11.8 Å². The zero-order valence-electron chi connectivity index (χ0n) is 11.1. The van der Waals surface area contributed by atoms with E-state index in [0.29, 0.717) is 10.1 Å². The number of aromatic nitrogens is 2. The largest absolute Gasteiger partial charge is 0.324 e. The van der Waals surface area contributed by atoms with E-state index in [1.165, 1.54) is 17.8 Å². The van der Waals surface area contributed by atoms with Crippen molar-refractivity contribution in [1.29, 1.82) is 0 Å². The van der Waals surface area contributed by atoms with Gasteiger partial charge >= 0.3 is 0 Å². The zero-order valence-corrected chi connectivity index (χ0v) is 12.0. The van der Waals surface area contributed by atoms with Gasteiger partial charge in [0.1, 0.15) is 5.82 Å². The summed E-state index contributed by atoms with van der Waals surface area (Å²) in [6, 6.07) is 6.74. The summed E-state index contributed by atoms with van der Waals surface area (Å²) in [6.45, 7) is 5.62. The van der Waals surface area contributed by atoms with Gasteiger partial charge in [-0.2, -0.15) is 0 Å². The highest BCUT2D eigenvalue weighted by Gasteiger charge is 2.10. The normalized spacial score (nSPS) is 12.5. The van der Waals surface area contributed by atoms with Gasteiger partial charge in [-0.3, -0.25) is 0 Å². The third-order valence-corrected chi connectivity index (χ3v) is 3.56. The Morgan fingerprint density at radius 2 is 1.79 bits per heavy atom. The molecular formula is C14H16FN3S. The molecule has 2 aromatic rings. The van der Waals surface area contributed by atoms with Crippen molar-refractivity contribution in [2.45, 2.75) is 36.9 Å². The number of hydrogen-bond donors (Lipinski definition) is 1. The number of nitrogens with zero attached hydrogens (tertiary/aromatic N) is 2. The molecule has 1 aromatic carbocycles. The molecule has 0 spiro atoms. The van der Waals surface area contributed by atoms with Crippen molar-refractivity contribution in [3.05, 3.63) is 47.0 Å². The van der Waals surface area contributed by atoms with E-state index in [1.807, 2.05) is 32.9 Å². The Morgan fingerprint density at radius 3 is 2.32 bits per heavy atom. The minimum Gasteiger partial charge on any atom is -0.324 e. The predicted octanol–water partition coefficient (Wildman–Crippen LogP) is 3.40. The fourth-order valence-corrected chi connectivity index (χ4v) is 2.59. The molecular weight excluding hydrogens is 261 g/mol. The van der Waals surface area contributed by atoms with Gasteiger partial charge in [0.05, 0.1) is 4.90 Å². The van der Waals surface area contributed by atoms with Crippen molar-refractivity contribution in [1.82, 2.24) is 9.97 Å². The van der Waals surface area contributed by atoms with Crippen molar-refractivity contribution >= 4 is 11.8 Å². The average molecular weight is 277 g/mol. The van der Waals surface area contributed by atoms with Gasteiger partial charge in [-0.15, -0.1) is 0 Å². The number of hydrogen-bond acceptors (Lipinski definition) is 4. The summed E-state index contributed by atoms with van der Waals surface area (Å²) in [4.78, 5) is 9.09. The highest BCUT2D eigenvalue weighted by Crippen LogP contribution is 2.29. The first-order valence-corrected chi connectivity index (χ1v) is 6.82. The Bertz CT molecular complexity index is 579. The fourth-order valence-electron chi connectivity index (χ4n) is 1.72. The average Bonchev–Trinajstić information content (AvgIpc) is 2.30. The molecule has 0 bridgehead atoms. The van der Waals surface area contributed by atoms with Crippen LogP contribution in [0.5, 0.6) is 0 Å².